The maximum atomic E-state index is 2.46. The van der Waals surface area contributed by atoms with E-state index in [1.165, 1.54) is 101 Å². The van der Waals surface area contributed by atoms with Crippen LogP contribution in [0.2, 0.25) is 0 Å². The quantitative estimate of drug-likeness (QED) is 0.127. The Labute approximate surface area is 360 Å². The Bertz CT molecular complexity index is 2360. The molecule has 0 aliphatic rings. The predicted molar refractivity (Wildman–Crippen MR) is 263 cm³/mol. The van der Waals surface area contributed by atoms with Gasteiger partial charge in [0.25, 0.3) is 0 Å². The zero-order valence-electron chi connectivity index (χ0n) is 37.8. The van der Waals surface area contributed by atoms with Crippen molar-refractivity contribution in [2.75, 3.05) is 9.80 Å². The third kappa shape index (κ3) is 8.94. The van der Waals surface area contributed by atoms with Gasteiger partial charge in [0, 0.05) is 11.4 Å². The zero-order chi connectivity index (χ0) is 42.8. The highest BCUT2D eigenvalue weighted by Gasteiger charge is 2.22. The first-order valence-electron chi connectivity index (χ1n) is 21.2. The number of hydrogen-bond acceptors (Lipinski definition) is 2. The summed E-state index contributed by atoms with van der Waals surface area (Å²) in [6.45, 7) is 26.6. The van der Waals surface area contributed by atoms with E-state index < -0.39 is 0 Å². The summed E-state index contributed by atoms with van der Waals surface area (Å²) in [6.07, 6.45) is 8.84. The van der Waals surface area contributed by atoms with Gasteiger partial charge < -0.3 is 9.80 Å². The normalized spacial score (nSPS) is 11.5. The minimum absolute atomic E-state index is 1.16. The van der Waals surface area contributed by atoms with Crippen molar-refractivity contribution >= 4 is 58.4 Å². The second-order valence-electron chi connectivity index (χ2n) is 17.2. The van der Waals surface area contributed by atoms with E-state index >= 15 is 0 Å². The predicted octanol–water partition coefficient (Wildman–Crippen LogP) is 16.7. The molecule has 0 saturated heterocycles. The molecule has 7 aromatic carbocycles. The second-order valence-corrected chi connectivity index (χ2v) is 17.2. The third-order valence-electron chi connectivity index (χ3n) is 11.6. The average molecular weight is 785 g/mol. The molecular formula is C58H60N2. The molecule has 2 heteroatoms. The minimum atomic E-state index is 1.16. The fraction of sp³-hybridized carbons (Fsp3) is 0.207. The molecule has 0 radical (unpaired) electrons. The summed E-state index contributed by atoms with van der Waals surface area (Å²) in [5, 5.41) is 0. The average Bonchev–Trinajstić information content (AvgIpc) is 3.17. The largest absolute Gasteiger partial charge is 0.309 e. The van der Waals surface area contributed by atoms with Gasteiger partial charge in [-0.25, -0.2) is 0 Å². The summed E-state index contributed by atoms with van der Waals surface area (Å²) in [6, 6.07) is 45.0. The Hall–Kier alpha value is -6.38. The highest BCUT2D eigenvalue weighted by atomic mass is 15.2. The first-order valence-corrected chi connectivity index (χ1v) is 21.2. The molecule has 0 spiro atoms. The number of rotatable bonds is 10. The van der Waals surface area contributed by atoms with Crippen molar-refractivity contribution in [3.8, 4) is 0 Å². The first-order chi connectivity index (χ1) is 28.7. The van der Waals surface area contributed by atoms with Crippen LogP contribution in [0.1, 0.15) is 89.0 Å². The lowest BCUT2D eigenvalue weighted by molar-refractivity contribution is 1.16. The van der Waals surface area contributed by atoms with Crippen LogP contribution in [0.5, 0.6) is 0 Å². The Morgan fingerprint density at radius 3 is 0.750 bits per heavy atom. The van der Waals surface area contributed by atoms with Crippen LogP contribution in [0.3, 0.4) is 0 Å². The number of benzene rings is 7. The highest BCUT2D eigenvalue weighted by Crippen LogP contribution is 2.44. The molecule has 7 aromatic rings. The Morgan fingerprint density at radius 2 is 0.500 bits per heavy atom. The van der Waals surface area contributed by atoms with Crippen molar-refractivity contribution in [3.05, 3.63) is 210 Å². The molecule has 0 amide bonds. The topological polar surface area (TPSA) is 6.48 Å². The van der Waals surface area contributed by atoms with Gasteiger partial charge in [-0.05, 0) is 180 Å². The van der Waals surface area contributed by atoms with Crippen LogP contribution in [0.15, 0.2) is 121 Å². The molecule has 0 heterocycles. The fourth-order valence-corrected chi connectivity index (χ4v) is 9.46. The van der Waals surface area contributed by atoms with Crippen molar-refractivity contribution in [2.45, 2.75) is 83.1 Å². The van der Waals surface area contributed by atoms with Gasteiger partial charge in [-0.3, -0.25) is 0 Å². The molecule has 0 aromatic heterocycles. The lowest BCUT2D eigenvalue weighted by Gasteiger charge is -2.32. The van der Waals surface area contributed by atoms with E-state index in [9.17, 15) is 0 Å². The molecule has 0 saturated carbocycles. The minimum Gasteiger partial charge on any atom is -0.309 e. The van der Waals surface area contributed by atoms with E-state index in [1.54, 1.807) is 0 Å². The lowest BCUT2D eigenvalue weighted by atomic mass is 9.98. The van der Waals surface area contributed by atoms with Gasteiger partial charge in [-0.2, -0.15) is 0 Å². The molecule has 0 fully saturated rings. The van der Waals surface area contributed by atoms with Crippen LogP contribution in [0.25, 0.3) is 24.3 Å². The van der Waals surface area contributed by atoms with Gasteiger partial charge in [0.05, 0.1) is 22.7 Å². The lowest BCUT2D eigenvalue weighted by Crippen LogP contribution is -2.15. The summed E-state index contributed by atoms with van der Waals surface area (Å²) in [5.41, 5.74) is 27.3. The monoisotopic (exact) mass is 784 g/mol. The number of anilines is 6. The van der Waals surface area contributed by atoms with E-state index in [2.05, 4.69) is 239 Å². The summed E-state index contributed by atoms with van der Waals surface area (Å²) in [7, 11) is 0. The van der Waals surface area contributed by atoms with Crippen LogP contribution in [0, 0.1) is 83.1 Å². The van der Waals surface area contributed by atoms with E-state index in [4.69, 9.17) is 0 Å². The highest BCUT2D eigenvalue weighted by molar-refractivity contribution is 5.86. The van der Waals surface area contributed by atoms with Crippen molar-refractivity contribution < 1.29 is 0 Å². The summed E-state index contributed by atoms with van der Waals surface area (Å²) in [4.78, 5) is 4.91. The van der Waals surface area contributed by atoms with Crippen molar-refractivity contribution in [1.82, 2.24) is 0 Å². The molecule has 7 rings (SSSR count). The number of aryl methyl sites for hydroxylation is 12. The number of hydrogen-bond donors (Lipinski definition) is 0. The molecule has 60 heavy (non-hydrogen) atoms. The molecule has 0 N–H and O–H groups in total. The SMILES string of the molecule is Cc1cc(C)c(N(c2ccc(/C=C/c3cccc(/C=C/c4ccc(N(c5c(C)cc(C)cc5C)c5c(C)cc(C)cc5C)cc4)c3)cc2)c2c(C)cc(C)cc2C)c(C)c1. The molecular weight excluding hydrogens is 725 g/mol. The van der Waals surface area contributed by atoms with Gasteiger partial charge in [0.2, 0.25) is 0 Å². The Morgan fingerprint density at radius 1 is 0.267 bits per heavy atom. The Kier molecular flexibility index (Phi) is 12.2. The van der Waals surface area contributed by atoms with Crippen LogP contribution >= 0.6 is 0 Å². The Balaban J connectivity index is 1.12. The first kappa shape index (κ1) is 41.8. The van der Waals surface area contributed by atoms with E-state index in [0.717, 1.165) is 22.5 Å². The molecule has 0 unspecified atom stereocenters. The second kappa shape index (κ2) is 17.5. The van der Waals surface area contributed by atoms with Crippen LogP contribution < -0.4 is 9.80 Å². The summed E-state index contributed by atoms with van der Waals surface area (Å²) < 4.78 is 0. The van der Waals surface area contributed by atoms with Crippen LogP contribution in [0.4, 0.5) is 34.1 Å². The standard InChI is InChI=1S/C58H60N2/c1-37-28-41(5)55(42(6)29-37)59(56-43(7)30-38(2)31-44(56)8)53-24-20-49(21-25-53)16-18-51-14-13-15-52(36-51)19-17-50-22-26-54(27-23-50)60(57-45(9)32-39(3)33-46(57)10)58-47(11)34-40(4)35-48(58)12/h13-36H,1-12H3/b18-16+,19-17+. The maximum Gasteiger partial charge on any atom is 0.0520 e. The van der Waals surface area contributed by atoms with E-state index in [0.29, 0.717) is 0 Å². The van der Waals surface area contributed by atoms with Gasteiger partial charge in [0.1, 0.15) is 0 Å². The molecule has 0 aliphatic carbocycles. The van der Waals surface area contributed by atoms with Crippen molar-refractivity contribution in [2.24, 2.45) is 0 Å². The van der Waals surface area contributed by atoms with Crippen molar-refractivity contribution in [1.29, 1.82) is 0 Å². The van der Waals surface area contributed by atoms with Crippen LogP contribution in [-0.2, 0) is 0 Å². The smallest absolute Gasteiger partial charge is 0.0520 e. The zero-order valence-corrected chi connectivity index (χ0v) is 37.8. The van der Waals surface area contributed by atoms with Crippen molar-refractivity contribution in [3.63, 3.8) is 0 Å². The van der Waals surface area contributed by atoms with E-state index in [-0.39, 0.29) is 0 Å². The van der Waals surface area contributed by atoms with Gasteiger partial charge in [0.15, 0.2) is 0 Å². The molecule has 0 atom stereocenters. The third-order valence-corrected chi connectivity index (χ3v) is 11.6. The molecule has 0 aliphatic heterocycles. The van der Waals surface area contributed by atoms with Gasteiger partial charge in [-0.1, -0.05) is 138 Å². The summed E-state index contributed by atoms with van der Waals surface area (Å²) in [5.74, 6) is 0. The van der Waals surface area contributed by atoms with Gasteiger partial charge in [-0.15, -0.1) is 0 Å². The maximum absolute atomic E-state index is 2.46. The summed E-state index contributed by atoms with van der Waals surface area (Å²) >= 11 is 0. The van der Waals surface area contributed by atoms with Crippen LogP contribution in [-0.4, -0.2) is 0 Å². The van der Waals surface area contributed by atoms with E-state index in [1.807, 2.05) is 0 Å². The number of nitrogens with zero attached hydrogens (tertiary/aromatic N) is 2. The molecule has 0 bridgehead atoms. The molecule has 2 nitrogen and oxygen atoms in total. The molecule has 302 valence electrons. The van der Waals surface area contributed by atoms with Gasteiger partial charge >= 0.3 is 0 Å². The fourth-order valence-electron chi connectivity index (χ4n) is 9.46.